The Labute approximate surface area is 208 Å². The molecule has 9 heteroatoms. The van der Waals surface area contributed by atoms with Crippen LogP contribution in [0, 0.1) is 0 Å². The van der Waals surface area contributed by atoms with E-state index in [9.17, 15) is 19.8 Å². The van der Waals surface area contributed by atoms with Gasteiger partial charge in [0.2, 0.25) is 5.60 Å². The van der Waals surface area contributed by atoms with Gasteiger partial charge in [-0.1, -0.05) is 24.3 Å². The van der Waals surface area contributed by atoms with Crippen LogP contribution in [0.15, 0.2) is 67.0 Å². The molecule has 9 nitrogen and oxygen atoms in total. The molecule has 1 fully saturated rings. The van der Waals surface area contributed by atoms with Crippen molar-refractivity contribution in [2.75, 3.05) is 18.1 Å². The lowest BCUT2D eigenvalue weighted by Crippen LogP contribution is -2.40. The molecule has 1 aromatic heterocycles. The second kappa shape index (κ2) is 9.69. The van der Waals surface area contributed by atoms with Gasteiger partial charge in [0.1, 0.15) is 11.9 Å². The second-order valence-corrected chi connectivity index (χ2v) is 9.27. The molecule has 3 heterocycles. The van der Waals surface area contributed by atoms with Gasteiger partial charge in [-0.05, 0) is 66.8 Å². The number of nitrogens with zero attached hydrogens (tertiary/aromatic N) is 2. The van der Waals surface area contributed by atoms with Crippen LogP contribution in [0.25, 0.3) is 11.1 Å². The first-order valence-electron chi connectivity index (χ1n) is 11.9. The van der Waals surface area contributed by atoms with Gasteiger partial charge in [0, 0.05) is 31.0 Å². The van der Waals surface area contributed by atoms with Gasteiger partial charge >= 0.3 is 0 Å². The molecule has 1 saturated heterocycles. The van der Waals surface area contributed by atoms with Gasteiger partial charge in [0.05, 0.1) is 11.8 Å². The summed E-state index contributed by atoms with van der Waals surface area (Å²) in [4.78, 5) is 28.4. The SMILES string of the molecule is CC1(O)C(=O)NN(c2cccc(-c3ccc4c(c3)CCC(CNC[C@H](O)c3cccnc3)O4)c2)C1=O. The smallest absolute Gasteiger partial charge is 0.287 e. The highest BCUT2D eigenvalue weighted by molar-refractivity contribution is 6.20. The number of nitrogens with one attached hydrogen (secondary N) is 2. The summed E-state index contributed by atoms with van der Waals surface area (Å²) in [6, 6.07) is 16.9. The molecule has 2 aromatic carbocycles. The standard InChI is InChI=1S/C27H28N4O5/c1-27(35)25(33)30-31(26(27)34)21-6-2-4-17(13-21)18-8-10-24-19(12-18)7-9-22(36-24)15-29-16-23(32)20-5-3-11-28-14-20/h2-6,8,10-14,22-23,29,32,35H,7,9,15-16H2,1H3,(H,30,33)/t22?,23-,27?/m0/s1. The van der Waals surface area contributed by atoms with Gasteiger partial charge in [-0.2, -0.15) is 0 Å². The summed E-state index contributed by atoms with van der Waals surface area (Å²) in [5, 5.41) is 24.8. The number of hydrazine groups is 1. The summed E-state index contributed by atoms with van der Waals surface area (Å²) in [5.41, 5.74) is 4.52. The van der Waals surface area contributed by atoms with E-state index in [0.29, 0.717) is 18.8 Å². The molecule has 0 aliphatic carbocycles. The number of carbonyl (C=O) groups excluding carboxylic acids is 2. The molecule has 3 atom stereocenters. The molecule has 2 aliphatic heterocycles. The normalized spacial score (nSPS) is 22.1. The summed E-state index contributed by atoms with van der Waals surface area (Å²) in [5.74, 6) is -0.630. The first kappa shape index (κ1) is 23.9. The Kier molecular flexibility index (Phi) is 6.44. The van der Waals surface area contributed by atoms with Crippen molar-refractivity contribution >= 4 is 17.5 Å². The molecule has 2 unspecified atom stereocenters. The fourth-order valence-electron chi connectivity index (χ4n) is 4.42. The van der Waals surface area contributed by atoms with Gasteiger partial charge in [0.25, 0.3) is 11.8 Å². The van der Waals surface area contributed by atoms with Gasteiger partial charge in [-0.15, -0.1) is 0 Å². The van der Waals surface area contributed by atoms with E-state index in [4.69, 9.17) is 4.74 Å². The predicted octanol–water partition coefficient (Wildman–Crippen LogP) is 1.89. The highest BCUT2D eigenvalue weighted by Gasteiger charge is 2.50. The number of fused-ring (bicyclic) bond motifs is 1. The molecule has 0 spiro atoms. The number of hydrogen-bond donors (Lipinski definition) is 4. The first-order chi connectivity index (χ1) is 17.3. The summed E-state index contributed by atoms with van der Waals surface area (Å²) in [6.45, 7) is 2.23. The van der Waals surface area contributed by atoms with E-state index < -0.39 is 23.5 Å². The third-order valence-corrected chi connectivity index (χ3v) is 6.58. The Balaban J connectivity index is 1.22. The number of amides is 2. The lowest BCUT2D eigenvalue weighted by atomic mass is 9.96. The maximum absolute atomic E-state index is 12.4. The van der Waals surface area contributed by atoms with Crippen molar-refractivity contribution in [1.29, 1.82) is 0 Å². The van der Waals surface area contributed by atoms with E-state index in [-0.39, 0.29) is 6.10 Å². The van der Waals surface area contributed by atoms with Crippen LogP contribution < -0.4 is 20.5 Å². The van der Waals surface area contributed by atoms with Crippen molar-refractivity contribution in [2.24, 2.45) is 0 Å². The summed E-state index contributed by atoms with van der Waals surface area (Å²) < 4.78 is 6.18. The maximum Gasteiger partial charge on any atom is 0.287 e. The number of aryl methyl sites for hydroxylation is 1. The number of carbonyl (C=O) groups is 2. The molecule has 5 rings (SSSR count). The molecule has 36 heavy (non-hydrogen) atoms. The van der Waals surface area contributed by atoms with E-state index in [2.05, 4.69) is 21.8 Å². The fraction of sp³-hybridized carbons (Fsp3) is 0.296. The molecule has 186 valence electrons. The third kappa shape index (κ3) is 4.68. The largest absolute Gasteiger partial charge is 0.489 e. The van der Waals surface area contributed by atoms with E-state index in [1.54, 1.807) is 36.7 Å². The fourth-order valence-corrected chi connectivity index (χ4v) is 4.42. The highest BCUT2D eigenvalue weighted by Crippen LogP contribution is 2.34. The molecule has 0 saturated carbocycles. The van der Waals surface area contributed by atoms with Crippen LogP contribution in [-0.4, -0.2) is 51.8 Å². The Morgan fingerprint density at radius 1 is 1.19 bits per heavy atom. The maximum atomic E-state index is 12.4. The van der Waals surface area contributed by atoms with Crippen molar-refractivity contribution in [3.63, 3.8) is 0 Å². The number of aliphatic hydroxyl groups excluding tert-OH is 1. The molecular formula is C27H28N4O5. The first-order valence-corrected chi connectivity index (χ1v) is 11.9. The van der Waals surface area contributed by atoms with Crippen LogP contribution in [-0.2, 0) is 16.0 Å². The van der Waals surface area contributed by atoms with Crippen LogP contribution in [0.1, 0.15) is 30.6 Å². The number of rotatable bonds is 7. The monoisotopic (exact) mass is 488 g/mol. The van der Waals surface area contributed by atoms with Crippen LogP contribution >= 0.6 is 0 Å². The van der Waals surface area contributed by atoms with Crippen LogP contribution in [0.5, 0.6) is 5.75 Å². The van der Waals surface area contributed by atoms with Crippen LogP contribution in [0.2, 0.25) is 0 Å². The predicted molar refractivity (Wildman–Crippen MR) is 133 cm³/mol. The van der Waals surface area contributed by atoms with E-state index in [0.717, 1.165) is 45.9 Å². The number of ether oxygens (including phenoxy) is 1. The number of aliphatic hydroxyl groups is 2. The highest BCUT2D eigenvalue weighted by atomic mass is 16.5. The Morgan fingerprint density at radius 2 is 2.03 bits per heavy atom. The molecular weight excluding hydrogens is 460 g/mol. The molecule has 0 bridgehead atoms. The minimum atomic E-state index is -2.08. The average molecular weight is 489 g/mol. The molecule has 2 aliphatic rings. The second-order valence-electron chi connectivity index (χ2n) is 9.27. The Hall–Kier alpha value is -3.79. The van der Waals surface area contributed by atoms with Crippen molar-refractivity contribution in [2.45, 2.75) is 37.6 Å². The van der Waals surface area contributed by atoms with Gasteiger partial charge < -0.3 is 20.3 Å². The Morgan fingerprint density at radius 3 is 2.78 bits per heavy atom. The minimum Gasteiger partial charge on any atom is -0.489 e. The molecule has 0 radical (unpaired) electrons. The van der Waals surface area contributed by atoms with Gasteiger partial charge in [-0.25, -0.2) is 5.01 Å². The van der Waals surface area contributed by atoms with E-state index in [1.165, 1.54) is 6.92 Å². The third-order valence-electron chi connectivity index (χ3n) is 6.58. The summed E-state index contributed by atoms with van der Waals surface area (Å²) in [6.07, 6.45) is 4.42. The number of hydrogen-bond acceptors (Lipinski definition) is 7. The summed E-state index contributed by atoms with van der Waals surface area (Å²) >= 11 is 0. The zero-order valence-electron chi connectivity index (χ0n) is 19.8. The molecule has 4 N–H and O–H groups in total. The molecule has 3 aromatic rings. The topological polar surface area (TPSA) is 124 Å². The zero-order valence-corrected chi connectivity index (χ0v) is 19.8. The van der Waals surface area contributed by atoms with E-state index >= 15 is 0 Å². The van der Waals surface area contributed by atoms with Crippen molar-refractivity contribution < 1.29 is 24.5 Å². The van der Waals surface area contributed by atoms with Gasteiger partial charge in [0.15, 0.2) is 0 Å². The lowest BCUT2D eigenvalue weighted by Gasteiger charge is -2.27. The molecule has 2 amide bonds. The zero-order chi connectivity index (χ0) is 25.3. The van der Waals surface area contributed by atoms with Crippen molar-refractivity contribution in [1.82, 2.24) is 15.7 Å². The number of pyridine rings is 1. The van der Waals surface area contributed by atoms with Crippen LogP contribution in [0.4, 0.5) is 5.69 Å². The van der Waals surface area contributed by atoms with E-state index in [1.807, 2.05) is 24.3 Å². The van der Waals surface area contributed by atoms with Gasteiger partial charge in [-0.3, -0.25) is 20.0 Å². The quantitative estimate of drug-likeness (QED) is 0.375. The Bertz CT molecular complexity index is 1280. The van der Waals surface area contributed by atoms with Crippen molar-refractivity contribution in [3.8, 4) is 16.9 Å². The average Bonchev–Trinajstić information content (AvgIpc) is 3.11. The number of benzene rings is 2. The van der Waals surface area contributed by atoms with Crippen molar-refractivity contribution in [3.05, 3.63) is 78.1 Å². The number of anilines is 1. The summed E-state index contributed by atoms with van der Waals surface area (Å²) in [7, 11) is 0. The van der Waals surface area contributed by atoms with Crippen LogP contribution in [0.3, 0.4) is 0 Å². The minimum absolute atomic E-state index is 0.00496. The lowest BCUT2D eigenvalue weighted by molar-refractivity contribution is -0.142. The number of aromatic nitrogens is 1.